The Morgan fingerprint density at radius 2 is 1.96 bits per heavy atom. The Hall–Kier alpha value is -3.68. The number of carbonyl (C=O) groups excluding carboxylic acids is 1. The average Bonchev–Trinajstić information content (AvgIpc) is 2.66. The number of amides is 1. The SMILES string of the molecule is COc1ccc(NCC(=O)N/N=C\C=C\c2ccccc2[N+](=O)[O-])cc1. The molecule has 2 N–H and O–H groups in total. The molecule has 0 aliphatic carbocycles. The lowest BCUT2D eigenvalue weighted by molar-refractivity contribution is -0.385. The van der Waals surface area contributed by atoms with Crippen LogP contribution < -0.4 is 15.5 Å². The lowest BCUT2D eigenvalue weighted by Gasteiger charge is -2.06. The van der Waals surface area contributed by atoms with E-state index < -0.39 is 4.92 Å². The Morgan fingerprint density at radius 1 is 1.23 bits per heavy atom. The molecule has 134 valence electrons. The van der Waals surface area contributed by atoms with Crippen LogP contribution in [0.25, 0.3) is 6.08 Å². The molecule has 2 aromatic carbocycles. The molecule has 1 amide bonds. The summed E-state index contributed by atoms with van der Waals surface area (Å²) in [7, 11) is 1.58. The van der Waals surface area contributed by atoms with Crippen LogP contribution in [0.1, 0.15) is 5.56 Å². The predicted molar refractivity (Wildman–Crippen MR) is 100 cm³/mol. The summed E-state index contributed by atoms with van der Waals surface area (Å²) in [5.74, 6) is 0.409. The maximum Gasteiger partial charge on any atom is 0.276 e. The maximum atomic E-state index is 11.7. The van der Waals surface area contributed by atoms with Crippen LogP contribution in [0.2, 0.25) is 0 Å². The van der Waals surface area contributed by atoms with Crippen molar-refractivity contribution in [2.24, 2.45) is 5.10 Å². The summed E-state index contributed by atoms with van der Waals surface area (Å²) in [6, 6.07) is 13.5. The number of nitro benzene ring substituents is 1. The Morgan fingerprint density at radius 3 is 2.65 bits per heavy atom. The summed E-state index contributed by atoms with van der Waals surface area (Å²) in [4.78, 5) is 22.1. The number of nitrogens with one attached hydrogen (secondary N) is 2. The van der Waals surface area contributed by atoms with E-state index in [-0.39, 0.29) is 18.1 Å². The zero-order chi connectivity index (χ0) is 18.8. The molecule has 0 bridgehead atoms. The molecule has 0 atom stereocenters. The predicted octanol–water partition coefficient (Wildman–Crippen LogP) is 2.83. The molecular weight excluding hydrogens is 336 g/mol. The number of benzene rings is 2. The Labute approximate surface area is 150 Å². The van der Waals surface area contributed by atoms with Crippen molar-refractivity contribution in [3.05, 3.63) is 70.3 Å². The number of carbonyl (C=O) groups is 1. The molecule has 2 rings (SSSR count). The number of para-hydroxylation sites is 1. The molecule has 0 aliphatic heterocycles. The third kappa shape index (κ3) is 5.75. The average molecular weight is 354 g/mol. The third-order valence-electron chi connectivity index (χ3n) is 3.30. The zero-order valence-electron chi connectivity index (χ0n) is 14.1. The summed E-state index contributed by atoms with van der Waals surface area (Å²) < 4.78 is 5.05. The molecule has 0 saturated heterocycles. The van der Waals surface area contributed by atoms with Crippen LogP contribution in [0, 0.1) is 10.1 Å². The number of hydrogen-bond donors (Lipinski definition) is 2. The number of allylic oxidation sites excluding steroid dienone is 1. The molecule has 0 radical (unpaired) electrons. The second kappa shape index (κ2) is 9.58. The number of anilines is 1. The number of methoxy groups -OCH3 is 1. The van der Waals surface area contributed by atoms with Gasteiger partial charge in [-0.15, -0.1) is 0 Å². The standard InChI is InChI=1S/C18H18N4O4/c1-26-16-10-8-15(9-11-16)19-13-18(23)21-20-12-4-6-14-5-2-3-7-17(14)22(24)25/h2-12,19H,13H2,1H3,(H,21,23)/b6-4+,20-12-. The molecule has 0 fully saturated rings. The van der Waals surface area contributed by atoms with E-state index in [1.807, 2.05) is 0 Å². The van der Waals surface area contributed by atoms with Crippen molar-refractivity contribution in [3.8, 4) is 5.75 Å². The summed E-state index contributed by atoms with van der Waals surface area (Å²) >= 11 is 0. The normalized spacial score (nSPS) is 10.8. The highest BCUT2D eigenvalue weighted by Gasteiger charge is 2.08. The number of hydrogen-bond acceptors (Lipinski definition) is 6. The van der Waals surface area contributed by atoms with E-state index in [0.29, 0.717) is 5.56 Å². The highest BCUT2D eigenvalue weighted by molar-refractivity contribution is 5.84. The molecule has 0 spiro atoms. The zero-order valence-corrected chi connectivity index (χ0v) is 14.1. The first-order chi connectivity index (χ1) is 12.6. The molecule has 8 nitrogen and oxygen atoms in total. The fraction of sp³-hybridized carbons (Fsp3) is 0.111. The van der Waals surface area contributed by atoms with Gasteiger partial charge in [0.05, 0.1) is 24.1 Å². The third-order valence-corrected chi connectivity index (χ3v) is 3.30. The Kier molecular flexibility index (Phi) is 6.87. The van der Waals surface area contributed by atoms with Gasteiger partial charge < -0.3 is 10.1 Å². The molecule has 2 aromatic rings. The molecule has 0 aliphatic rings. The minimum absolute atomic E-state index is 0.00452. The molecular formula is C18H18N4O4. The Balaban J connectivity index is 1.79. The smallest absolute Gasteiger partial charge is 0.276 e. The second-order valence-corrected chi connectivity index (χ2v) is 5.07. The van der Waals surface area contributed by atoms with Crippen LogP contribution in [-0.2, 0) is 4.79 Å². The molecule has 0 saturated carbocycles. The van der Waals surface area contributed by atoms with Crippen molar-refractivity contribution in [1.29, 1.82) is 0 Å². The van der Waals surface area contributed by atoms with Gasteiger partial charge in [-0.05, 0) is 42.5 Å². The number of rotatable bonds is 8. The summed E-state index contributed by atoms with van der Waals surface area (Å²) in [5, 5.41) is 17.6. The van der Waals surface area contributed by atoms with Crippen molar-refractivity contribution in [3.63, 3.8) is 0 Å². The Bertz CT molecular complexity index is 816. The minimum atomic E-state index is -0.455. The van der Waals surface area contributed by atoms with Gasteiger partial charge >= 0.3 is 0 Å². The summed E-state index contributed by atoms with van der Waals surface area (Å²) in [6.45, 7) is 0.0531. The minimum Gasteiger partial charge on any atom is -0.497 e. The topological polar surface area (TPSA) is 106 Å². The monoisotopic (exact) mass is 354 g/mol. The van der Waals surface area contributed by atoms with Gasteiger partial charge in [0.15, 0.2) is 0 Å². The lowest BCUT2D eigenvalue weighted by atomic mass is 10.2. The van der Waals surface area contributed by atoms with Gasteiger partial charge in [0.1, 0.15) is 5.75 Å². The van der Waals surface area contributed by atoms with E-state index in [4.69, 9.17) is 4.74 Å². The van der Waals surface area contributed by atoms with Crippen molar-refractivity contribution in [2.45, 2.75) is 0 Å². The van der Waals surface area contributed by atoms with Crippen molar-refractivity contribution < 1.29 is 14.5 Å². The maximum absolute atomic E-state index is 11.7. The number of nitro groups is 1. The van der Waals surface area contributed by atoms with Gasteiger partial charge in [-0.1, -0.05) is 12.1 Å². The van der Waals surface area contributed by atoms with Gasteiger partial charge in [-0.2, -0.15) is 5.10 Å². The summed E-state index contributed by atoms with van der Waals surface area (Å²) in [6.07, 6.45) is 4.41. The van der Waals surface area contributed by atoms with Crippen LogP contribution in [-0.4, -0.2) is 30.7 Å². The highest BCUT2D eigenvalue weighted by atomic mass is 16.6. The van der Waals surface area contributed by atoms with Gasteiger partial charge in [0.25, 0.3) is 11.6 Å². The molecule has 0 unspecified atom stereocenters. The number of ether oxygens (including phenoxy) is 1. The van der Waals surface area contributed by atoms with Crippen molar-refractivity contribution in [2.75, 3.05) is 19.0 Å². The molecule has 0 heterocycles. The highest BCUT2D eigenvalue weighted by Crippen LogP contribution is 2.18. The van der Waals surface area contributed by atoms with Gasteiger partial charge in [0.2, 0.25) is 0 Å². The van der Waals surface area contributed by atoms with E-state index >= 15 is 0 Å². The first kappa shape index (κ1) is 18.7. The van der Waals surface area contributed by atoms with Crippen molar-refractivity contribution in [1.82, 2.24) is 5.43 Å². The lowest BCUT2D eigenvalue weighted by Crippen LogP contribution is -2.25. The van der Waals surface area contributed by atoms with Crippen molar-refractivity contribution >= 4 is 29.6 Å². The molecule has 0 aromatic heterocycles. The number of hydrazone groups is 1. The quantitative estimate of drug-likeness (QED) is 0.431. The van der Waals surface area contributed by atoms with E-state index in [1.165, 1.54) is 18.4 Å². The van der Waals surface area contributed by atoms with E-state index in [9.17, 15) is 14.9 Å². The summed E-state index contributed by atoms with van der Waals surface area (Å²) in [5.41, 5.74) is 3.60. The fourth-order valence-electron chi connectivity index (χ4n) is 2.02. The van der Waals surface area contributed by atoms with Crippen LogP contribution in [0.15, 0.2) is 59.7 Å². The van der Waals surface area contributed by atoms with E-state index in [1.54, 1.807) is 55.7 Å². The van der Waals surface area contributed by atoms with Crippen LogP contribution >= 0.6 is 0 Å². The van der Waals surface area contributed by atoms with Gasteiger partial charge in [-0.25, -0.2) is 5.43 Å². The van der Waals surface area contributed by atoms with Crippen LogP contribution in [0.5, 0.6) is 5.75 Å². The van der Waals surface area contributed by atoms with Gasteiger partial charge in [-0.3, -0.25) is 14.9 Å². The molecule has 8 heteroatoms. The van der Waals surface area contributed by atoms with Gasteiger partial charge in [0, 0.05) is 18.0 Å². The van der Waals surface area contributed by atoms with Crippen LogP contribution in [0.3, 0.4) is 0 Å². The molecule has 26 heavy (non-hydrogen) atoms. The van der Waals surface area contributed by atoms with E-state index in [0.717, 1.165) is 11.4 Å². The first-order valence-electron chi connectivity index (χ1n) is 7.70. The second-order valence-electron chi connectivity index (χ2n) is 5.07. The fourth-order valence-corrected chi connectivity index (χ4v) is 2.02. The number of nitrogens with zero attached hydrogens (tertiary/aromatic N) is 2. The largest absolute Gasteiger partial charge is 0.497 e. The van der Waals surface area contributed by atoms with E-state index in [2.05, 4.69) is 15.8 Å². The first-order valence-corrected chi connectivity index (χ1v) is 7.70. The van der Waals surface area contributed by atoms with Crippen LogP contribution in [0.4, 0.5) is 11.4 Å².